The summed E-state index contributed by atoms with van der Waals surface area (Å²) in [5.74, 6) is 1.96. The first-order chi connectivity index (χ1) is 25.2. The van der Waals surface area contributed by atoms with Crippen molar-refractivity contribution in [2.24, 2.45) is 10.9 Å². The molecule has 1 amide bonds. The lowest BCUT2D eigenvalue weighted by Gasteiger charge is -2.20. The third kappa shape index (κ3) is 36.6. The first-order valence-electron chi connectivity index (χ1n) is 21.6. The number of hydrogen-bond donors (Lipinski definition) is 3. The van der Waals surface area contributed by atoms with Gasteiger partial charge in [0.15, 0.2) is 0 Å². The van der Waals surface area contributed by atoms with Crippen molar-refractivity contribution in [2.75, 3.05) is 20.2 Å². The predicted octanol–water partition coefficient (Wildman–Crippen LogP) is 12.0. The van der Waals surface area contributed by atoms with Gasteiger partial charge in [-0.25, -0.2) is 0 Å². The number of amidine groups is 1. The van der Waals surface area contributed by atoms with Crippen LogP contribution in [0.25, 0.3) is 0 Å². The van der Waals surface area contributed by atoms with Crippen LogP contribution in [0.5, 0.6) is 0 Å². The van der Waals surface area contributed by atoms with Gasteiger partial charge in [-0.05, 0) is 77.0 Å². The molecule has 1 aliphatic rings. The zero-order valence-corrected chi connectivity index (χ0v) is 35.1. The van der Waals surface area contributed by atoms with E-state index in [2.05, 4.69) is 64.9 Å². The van der Waals surface area contributed by atoms with Crippen molar-refractivity contribution in [3.63, 3.8) is 0 Å². The summed E-state index contributed by atoms with van der Waals surface area (Å²) in [7, 11) is -3.29. The molecule has 0 bridgehead atoms. The summed E-state index contributed by atoms with van der Waals surface area (Å²) in [6.45, 7) is 8.76. The molecule has 0 spiro atoms. The van der Waals surface area contributed by atoms with Gasteiger partial charge in [-0.1, -0.05) is 148 Å². The minimum Gasteiger partial charge on any atom is -0.372 e. The largest absolute Gasteiger partial charge is 0.397 e. The summed E-state index contributed by atoms with van der Waals surface area (Å²) < 4.78 is 29.7. The average Bonchev–Trinajstić information content (AvgIpc) is 3.67. The van der Waals surface area contributed by atoms with Gasteiger partial charge < -0.3 is 10.6 Å². The number of carbonyl (C=O) groups excluding carboxylic acids is 1. The molecule has 306 valence electrons. The highest BCUT2D eigenvalue weighted by Gasteiger charge is 2.16. The van der Waals surface area contributed by atoms with Crippen LogP contribution in [0.15, 0.2) is 29.3 Å². The molecule has 1 rings (SSSR count). The average molecular weight is 754 g/mol. The van der Waals surface area contributed by atoms with Crippen LogP contribution in [0.1, 0.15) is 207 Å². The van der Waals surface area contributed by atoms with Crippen LogP contribution in [-0.2, 0) is 19.4 Å². The Bertz CT molecular complexity index is 999. The van der Waals surface area contributed by atoms with Gasteiger partial charge in [-0.2, -0.15) is 8.42 Å². The van der Waals surface area contributed by atoms with E-state index in [9.17, 15) is 13.2 Å². The van der Waals surface area contributed by atoms with Gasteiger partial charge in [0.25, 0.3) is 0 Å². The molecule has 0 fully saturated rings. The third-order valence-electron chi connectivity index (χ3n) is 9.91. The number of amides is 1. The fourth-order valence-corrected chi connectivity index (χ4v) is 6.61. The molecular weight excluding hydrogens is 671 g/mol. The third-order valence-corrected chi connectivity index (χ3v) is 10.3. The molecule has 2 unspecified atom stereocenters. The minimum atomic E-state index is -4.16. The van der Waals surface area contributed by atoms with Crippen LogP contribution < -0.4 is 10.6 Å². The lowest BCUT2D eigenvalue weighted by Crippen LogP contribution is -2.35. The second-order valence-corrected chi connectivity index (χ2v) is 16.1. The molecule has 8 nitrogen and oxygen atoms in total. The number of hydrogen-bond acceptors (Lipinski definition) is 6. The van der Waals surface area contributed by atoms with Gasteiger partial charge >= 0.3 is 10.4 Å². The topological polar surface area (TPSA) is 117 Å². The van der Waals surface area contributed by atoms with E-state index in [1.807, 2.05) is 0 Å². The van der Waals surface area contributed by atoms with Gasteiger partial charge in [0.1, 0.15) is 0 Å². The molecule has 0 saturated heterocycles. The van der Waals surface area contributed by atoms with Crippen LogP contribution in [0, 0.1) is 5.92 Å². The Labute approximate surface area is 322 Å². The Kier molecular flexibility index (Phi) is 36.4. The van der Waals surface area contributed by atoms with Crippen molar-refractivity contribution in [1.29, 1.82) is 0 Å². The molecule has 0 aliphatic carbocycles. The maximum atomic E-state index is 12.9. The quantitative estimate of drug-likeness (QED) is 0.0337. The van der Waals surface area contributed by atoms with E-state index in [0.29, 0.717) is 18.4 Å². The van der Waals surface area contributed by atoms with Crippen molar-refractivity contribution in [3.8, 4) is 0 Å². The molecule has 1 aliphatic heterocycles. The normalized spacial score (nSPS) is 14.3. The van der Waals surface area contributed by atoms with E-state index in [-0.39, 0.29) is 5.91 Å². The monoisotopic (exact) mass is 754 g/mol. The fourth-order valence-electron chi connectivity index (χ4n) is 6.61. The lowest BCUT2D eigenvalue weighted by atomic mass is 9.97. The van der Waals surface area contributed by atoms with Crippen molar-refractivity contribution in [2.45, 2.75) is 213 Å². The lowest BCUT2D eigenvalue weighted by molar-refractivity contribution is -0.122. The van der Waals surface area contributed by atoms with E-state index >= 15 is 0 Å². The molecule has 0 radical (unpaired) electrons. The first kappa shape index (κ1) is 50.3. The fraction of sp³-hybridized carbons (Fsp3) is 0.860. The van der Waals surface area contributed by atoms with Gasteiger partial charge in [0, 0.05) is 24.9 Å². The second-order valence-electron chi connectivity index (χ2n) is 14.9. The minimum absolute atomic E-state index is 0.273. The summed E-state index contributed by atoms with van der Waals surface area (Å²) in [6.07, 6.45) is 46.1. The zero-order valence-electron chi connectivity index (χ0n) is 34.3. The number of aliphatic imine (C=N–C) groups is 1. The number of carbonyl (C=O) groups is 1. The summed E-state index contributed by atoms with van der Waals surface area (Å²) in [5, 5.41) is 6.89. The predicted molar refractivity (Wildman–Crippen MR) is 223 cm³/mol. The van der Waals surface area contributed by atoms with E-state index in [0.717, 1.165) is 52.3 Å². The number of allylic oxidation sites excluding steroid dienone is 4. The van der Waals surface area contributed by atoms with E-state index < -0.39 is 10.4 Å². The highest BCUT2D eigenvalue weighted by Crippen LogP contribution is 2.17. The van der Waals surface area contributed by atoms with Crippen LogP contribution in [0.4, 0.5) is 0 Å². The SMILES string of the molecule is CCCCCCCC/C=C\CCCCCCCC(=O)NC(CCCCC/C=C\CCCCCCCC)CCCC(C)C1=NCCN1.COS(=O)(=O)O. The Morgan fingerprint density at radius 1 is 0.712 bits per heavy atom. The number of unbranched alkanes of at least 4 members (excludes halogenated alkanes) is 20. The molecule has 1 heterocycles. The molecule has 52 heavy (non-hydrogen) atoms. The molecule has 0 aromatic carbocycles. The highest BCUT2D eigenvalue weighted by molar-refractivity contribution is 7.80. The molecule has 0 aromatic rings. The van der Waals surface area contributed by atoms with Crippen LogP contribution in [-0.4, -0.2) is 51.0 Å². The second kappa shape index (κ2) is 37.6. The van der Waals surface area contributed by atoms with Crippen LogP contribution >= 0.6 is 0 Å². The molecule has 2 atom stereocenters. The Balaban J connectivity index is 0.00000397. The van der Waals surface area contributed by atoms with Crippen molar-refractivity contribution in [1.82, 2.24) is 10.6 Å². The molecule has 3 N–H and O–H groups in total. The molecule has 0 saturated carbocycles. The van der Waals surface area contributed by atoms with Gasteiger partial charge in [-0.3, -0.25) is 18.5 Å². The standard InChI is InChI=1S/C42H79N3O.CH4O4S/c1-4-6-8-10-12-14-16-18-19-21-23-25-27-29-31-36-41(46)45-40(35-32-33-39(3)42-43-37-38-44-42)34-30-28-26-24-22-20-17-15-13-11-9-7-5-2;1-5-6(2,3)4/h18-20,22,39-40H,4-17,21,23-38H2,1-3H3,(H,43,44)(H,45,46);1H3,(H,2,3,4)/b19-18-,22-20-;. The number of nitrogens with zero attached hydrogens (tertiary/aromatic N) is 1. The van der Waals surface area contributed by atoms with E-state index in [4.69, 9.17) is 4.55 Å². The van der Waals surface area contributed by atoms with Crippen LogP contribution in [0.3, 0.4) is 0 Å². The Hall–Kier alpha value is -1.71. The highest BCUT2D eigenvalue weighted by atomic mass is 32.3. The molecular formula is C43H83N3O5S. The Morgan fingerprint density at radius 3 is 1.58 bits per heavy atom. The number of rotatable bonds is 35. The zero-order chi connectivity index (χ0) is 38.4. The number of nitrogens with one attached hydrogen (secondary N) is 2. The molecule has 9 heteroatoms. The van der Waals surface area contributed by atoms with Crippen molar-refractivity contribution < 1.29 is 21.9 Å². The maximum absolute atomic E-state index is 12.9. The molecule has 0 aromatic heterocycles. The smallest absolute Gasteiger partial charge is 0.372 e. The van der Waals surface area contributed by atoms with Crippen LogP contribution in [0.2, 0.25) is 0 Å². The van der Waals surface area contributed by atoms with E-state index in [1.54, 1.807) is 0 Å². The van der Waals surface area contributed by atoms with Crippen molar-refractivity contribution >= 4 is 22.1 Å². The summed E-state index contributed by atoms with van der Waals surface area (Å²) in [4.78, 5) is 17.5. The summed E-state index contributed by atoms with van der Waals surface area (Å²) >= 11 is 0. The van der Waals surface area contributed by atoms with Crippen molar-refractivity contribution in [3.05, 3.63) is 24.3 Å². The maximum Gasteiger partial charge on any atom is 0.397 e. The van der Waals surface area contributed by atoms with E-state index in [1.165, 1.54) is 154 Å². The first-order valence-corrected chi connectivity index (χ1v) is 23.0. The van der Waals surface area contributed by atoms with Gasteiger partial charge in [0.2, 0.25) is 5.91 Å². The Morgan fingerprint density at radius 2 is 1.13 bits per heavy atom. The van der Waals surface area contributed by atoms with Gasteiger partial charge in [0.05, 0.1) is 19.5 Å². The van der Waals surface area contributed by atoms with Gasteiger partial charge in [-0.15, -0.1) is 0 Å². The summed E-state index contributed by atoms with van der Waals surface area (Å²) in [5.41, 5.74) is 0. The summed E-state index contributed by atoms with van der Waals surface area (Å²) in [6, 6.07) is 0.324.